The number of rotatable bonds is 6. The molecule has 2 aromatic rings. The van der Waals surface area contributed by atoms with Gasteiger partial charge in [-0.1, -0.05) is 42.5 Å². The number of benzene rings is 2. The summed E-state index contributed by atoms with van der Waals surface area (Å²) >= 11 is 0. The van der Waals surface area contributed by atoms with Crippen molar-refractivity contribution in [3.8, 4) is 5.75 Å². The molecular weight excluding hydrogens is 400 g/mol. The summed E-state index contributed by atoms with van der Waals surface area (Å²) in [6.07, 6.45) is 8.47. The van der Waals surface area contributed by atoms with Crippen molar-refractivity contribution in [1.29, 1.82) is 0 Å². The Morgan fingerprint density at radius 2 is 1.53 bits per heavy atom. The fourth-order valence-electron chi connectivity index (χ4n) is 4.41. The topological polar surface area (TPSA) is 49.9 Å². The monoisotopic (exact) mass is 432 g/mol. The molecule has 2 aliphatic heterocycles. The molecule has 0 radical (unpaired) electrons. The van der Waals surface area contributed by atoms with Gasteiger partial charge in [0.05, 0.1) is 0 Å². The molecule has 2 aliphatic rings. The Bertz CT molecular complexity index is 910. The average Bonchev–Trinajstić information content (AvgIpc) is 2.87. The van der Waals surface area contributed by atoms with Crippen LogP contribution < -0.4 is 4.74 Å². The molecule has 32 heavy (non-hydrogen) atoms. The first-order valence-electron chi connectivity index (χ1n) is 11.7. The summed E-state index contributed by atoms with van der Waals surface area (Å²) in [5, 5.41) is 0. The van der Waals surface area contributed by atoms with Crippen LogP contribution >= 0.6 is 0 Å². The van der Waals surface area contributed by atoms with E-state index >= 15 is 0 Å². The van der Waals surface area contributed by atoms with E-state index in [1.807, 2.05) is 70.5 Å². The minimum atomic E-state index is 0.0123. The van der Waals surface area contributed by atoms with E-state index in [9.17, 15) is 9.59 Å². The maximum atomic E-state index is 12.7. The SMILES string of the molecule is O=C(/C=C/c1ccc(OCc2ccccc2)cc1)N1CCC(C(=O)N2CCCCC2)CC1. The molecule has 0 spiro atoms. The van der Waals surface area contributed by atoms with Gasteiger partial charge in [-0.2, -0.15) is 0 Å². The van der Waals surface area contributed by atoms with Crippen molar-refractivity contribution in [1.82, 2.24) is 9.80 Å². The molecule has 2 fully saturated rings. The Kier molecular flexibility index (Phi) is 7.59. The van der Waals surface area contributed by atoms with Gasteiger partial charge in [0.1, 0.15) is 12.4 Å². The molecule has 0 N–H and O–H groups in total. The van der Waals surface area contributed by atoms with Gasteiger partial charge in [0.15, 0.2) is 0 Å². The molecule has 2 saturated heterocycles. The van der Waals surface area contributed by atoms with Gasteiger partial charge in [0.25, 0.3) is 0 Å². The number of piperidine rings is 2. The first-order valence-corrected chi connectivity index (χ1v) is 11.7. The van der Waals surface area contributed by atoms with Crippen LogP contribution in [0, 0.1) is 5.92 Å². The zero-order valence-corrected chi connectivity index (χ0v) is 18.6. The molecule has 0 unspecified atom stereocenters. The van der Waals surface area contributed by atoms with E-state index in [2.05, 4.69) is 0 Å². The summed E-state index contributed by atoms with van der Waals surface area (Å²) in [4.78, 5) is 29.2. The van der Waals surface area contributed by atoms with E-state index in [1.54, 1.807) is 6.08 Å². The molecule has 0 aliphatic carbocycles. The van der Waals surface area contributed by atoms with Crippen molar-refractivity contribution in [2.24, 2.45) is 5.92 Å². The van der Waals surface area contributed by atoms with Crippen LogP contribution in [0.5, 0.6) is 5.75 Å². The summed E-state index contributed by atoms with van der Waals surface area (Å²) in [7, 11) is 0. The molecular formula is C27H32N2O3. The van der Waals surface area contributed by atoms with Crippen LogP contribution in [-0.4, -0.2) is 47.8 Å². The highest BCUT2D eigenvalue weighted by atomic mass is 16.5. The van der Waals surface area contributed by atoms with E-state index in [1.165, 1.54) is 6.42 Å². The lowest BCUT2D eigenvalue weighted by Crippen LogP contribution is -2.45. The highest BCUT2D eigenvalue weighted by molar-refractivity contribution is 5.92. The van der Waals surface area contributed by atoms with Crippen molar-refractivity contribution in [3.63, 3.8) is 0 Å². The minimum Gasteiger partial charge on any atom is -0.489 e. The van der Waals surface area contributed by atoms with Gasteiger partial charge in [-0.05, 0) is 61.4 Å². The van der Waals surface area contributed by atoms with Gasteiger partial charge in [-0.25, -0.2) is 0 Å². The van der Waals surface area contributed by atoms with E-state index in [4.69, 9.17) is 4.74 Å². The largest absolute Gasteiger partial charge is 0.489 e. The second kappa shape index (κ2) is 11.0. The molecule has 168 valence electrons. The molecule has 2 amide bonds. The third kappa shape index (κ3) is 6.00. The molecule has 0 saturated carbocycles. The van der Waals surface area contributed by atoms with Crippen molar-refractivity contribution in [2.75, 3.05) is 26.2 Å². The maximum absolute atomic E-state index is 12.7. The zero-order chi connectivity index (χ0) is 22.2. The second-order valence-corrected chi connectivity index (χ2v) is 8.66. The van der Waals surface area contributed by atoms with Gasteiger partial charge >= 0.3 is 0 Å². The van der Waals surface area contributed by atoms with Crippen LogP contribution in [0.2, 0.25) is 0 Å². The van der Waals surface area contributed by atoms with Gasteiger partial charge < -0.3 is 14.5 Å². The van der Waals surface area contributed by atoms with E-state index in [0.717, 1.165) is 55.6 Å². The molecule has 4 rings (SSSR count). The normalized spacial score (nSPS) is 17.5. The first-order chi connectivity index (χ1) is 15.7. The minimum absolute atomic E-state index is 0.0123. The Balaban J connectivity index is 1.22. The summed E-state index contributed by atoms with van der Waals surface area (Å²) in [5.74, 6) is 1.18. The third-order valence-electron chi connectivity index (χ3n) is 6.37. The summed E-state index contributed by atoms with van der Waals surface area (Å²) in [6.45, 7) is 3.64. The highest BCUT2D eigenvalue weighted by Gasteiger charge is 2.30. The number of hydrogen-bond acceptors (Lipinski definition) is 3. The smallest absolute Gasteiger partial charge is 0.246 e. The molecule has 2 aromatic carbocycles. The maximum Gasteiger partial charge on any atom is 0.246 e. The molecule has 5 heteroatoms. The predicted octanol–water partition coefficient (Wildman–Crippen LogP) is 4.53. The van der Waals surface area contributed by atoms with Gasteiger partial charge in [0.2, 0.25) is 11.8 Å². The highest BCUT2D eigenvalue weighted by Crippen LogP contribution is 2.22. The number of carbonyl (C=O) groups is 2. The van der Waals surface area contributed by atoms with Gasteiger partial charge in [0, 0.05) is 38.2 Å². The number of carbonyl (C=O) groups excluding carboxylic acids is 2. The second-order valence-electron chi connectivity index (χ2n) is 8.66. The van der Waals surface area contributed by atoms with Crippen molar-refractivity contribution < 1.29 is 14.3 Å². The zero-order valence-electron chi connectivity index (χ0n) is 18.6. The lowest BCUT2D eigenvalue weighted by atomic mass is 9.94. The fraction of sp³-hybridized carbons (Fsp3) is 0.407. The van der Waals surface area contributed by atoms with E-state index < -0.39 is 0 Å². The van der Waals surface area contributed by atoms with Crippen LogP contribution in [-0.2, 0) is 16.2 Å². The molecule has 5 nitrogen and oxygen atoms in total. The lowest BCUT2D eigenvalue weighted by Gasteiger charge is -2.35. The Morgan fingerprint density at radius 1 is 0.844 bits per heavy atom. The molecule has 0 atom stereocenters. The van der Waals surface area contributed by atoms with Crippen LogP contribution in [0.15, 0.2) is 60.7 Å². The predicted molar refractivity (Wildman–Crippen MR) is 126 cm³/mol. The number of ether oxygens (including phenoxy) is 1. The summed E-state index contributed by atoms with van der Waals surface area (Å²) in [5.41, 5.74) is 2.09. The van der Waals surface area contributed by atoms with E-state index in [-0.39, 0.29) is 11.8 Å². The van der Waals surface area contributed by atoms with Gasteiger partial charge in [-0.15, -0.1) is 0 Å². The molecule has 2 heterocycles. The summed E-state index contributed by atoms with van der Waals surface area (Å²) in [6, 6.07) is 17.8. The number of amides is 2. The average molecular weight is 433 g/mol. The van der Waals surface area contributed by atoms with Crippen LogP contribution in [0.1, 0.15) is 43.2 Å². The number of hydrogen-bond donors (Lipinski definition) is 0. The van der Waals surface area contributed by atoms with E-state index in [0.29, 0.717) is 25.6 Å². The first kappa shape index (κ1) is 22.1. The number of likely N-dealkylation sites (tertiary alicyclic amines) is 2. The standard InChI is InChI=1S/C27H32N2O3/c30-26(28-19-15-24(16-20-28)27(31)29-17-5-2-6-18-29)14-11-22-9-12-25(13-10-22)32-21-23-7-3-1-4-8-23/h1,3-4,7-14,24H,2,5-6,15-21H2/b14-11+. The van der Waals surface area contributed by atoms with Crippen molar-refractivity contribution >= 4 is 17.9 Å². The quantitative estimate of drug-likeness (QED) is 0.630. The van der Waals surface area contributed by atoms with Crippen LogP contribution in [0.25, 0.3) is 6.08 Å². The molecule has 0 bridgehead atoms. The Labute approximate surface area is 190 Å². The Morgan fingerprint density at radius 3 is 2.22 bits per heavy atom. The third-order valence-corrected chi connectivity index (χ3v) is 6.37. The summed E-state index contributed by atoms with van der Waals surface area (Å²) < 4.78 is 5.81. The van der Waals surface area contributed by atoms with Crippen molar-refractivity contribution in [2.45, 2.75) is 38.7 Å². The Hall–Kier alpha value is -3.08. The molecule has 0 aromatic heterocycles. The van der Waals surface area contributed by atoms with Crippen LogP contribution in [0.4, 0.5) is 0 Å². The lowest BCUT2D eigenvalue weighted by molar-refractivity contribution is -0.140. The van der Waals surface area contributed by atoms with Crippen LogP contribution in [0.3, 0.4) is 0 Å². The number of nitrogens with zero attached hydrogens (tertiary/aromatic N) is 2. The fourth-order valence-corrected chi connectivity index (χ4v) is 4.41. The van der Waals surface area contributed by atoms with Gasteiger partial charge in [-0.3, -0.25) is 9.59 Å². The van der Waals surface area contributed by atoms with Crippen molar-refractivity contribution in [3.05, 3.63) is 71.8 Å².